The molecule has 0 spiro atoms. The van der Waals surface area contributed by atoms with E-state index in [0.29, 0.717) is 22.8 Å². The third-order valence-corrected chi connectivity index (χ3v) is 2.82. The Kier molecular flexibility index (Phi) is 3.93. The minimum absolute atomic E-state index is 0.0663. The molecule has 0 aliphatic rings. The maximum atomic E-state index is 7.44. The Morgan fingerprint density at radius 3 is 2.48 bits per heavy atom. The van der Waals surface area contributed by atoms with Gasteiger partial charge in [0.15, 0.2) is 0 Å². The second kappa shape index (κ2) is 5.66. The average molecular weight is 285 g/mol. The molecule has 0 aliphatic carbocycles. The number of amidine groups is 1. The molecule has 0 atom stereocenters. The highest BCUT2D eigenvalue weighted by molar-refractivity contribution is 6.00. The number of nitrogens with two attached hydrogens (primary N) is 3. The summed E-state index contributed by atoms with van der Waals surface area (Å²) in [6, 6.07) is 7.25. The lowest BCUT2D eigenvalue weighted by molar-refractivity contribution is 0.888. The molecule has 0 unspecified atom stereocenters. The summed E-state index contributed by atoms with van der Waals surface area (Å²) in [6.07, 6.45) is 0. The van der Waals surface area contributed by atoms with Crippen LogP contribution in [-0.2, 0) is 0 Å². The van der Waals surface area contributed by atoms with Crippen molar-refractivity contribution in [1.29, 1.82) is 5.41 Å². The number of nitrogens with one attached hydrogen (secondary N) is 2. The van der Waals surface area contributed by atoms with Crippen LogP contribution in [0.4, 0.5) is 17.5 Å². The smallest absolute Gasteiger partial charge is 0.222 e. The van der Waals surface area contributed by atoms with Crippen molar-refractivity contribution in [3.63, 3.8) is 0 Å². The highest BCUT2D eigenvalue weighted by Gasteiger charge is 2.09. The van der Waals surface area contributed by atoms with E-state index in [9.17, 15) is 0 Å². The summed E-state index contributed by atoms with van der Waals surface area (Å²) in [6.45, 7) is 4.02. The number of anilines is 3. The molecule has 7 heteroatoms. The van der Waals surface area contributed by atoms with Gasteiger partial charge in [0.1, 0.15) is 11.7 Å². The molecule has 0 saturated heterocycles. The third-order valence-electron chi connectivity index (χ3n) is 2.82. The summed E-state index contributed by atoms with van der Waals surface area (Å²) >= 11 is 0. The number of nitrogens with zero attached hydrogens (tertiary/aromatic N) is 2. The van der Waals surface area contributed by atoms with Gasteiger partial charge in [0, 0.05) is 28.9 Å². The van der Waals surface area contributed by atoms with Crippen LogP contribution in [0.5, 0.6) is 0 Å². The Bertz CT molecular complexity index is 679. The molecule has 110 valence electrons. The lowest BCUT2D eigenvalue weighted by Crippen LogP contribution is -2.14. The number of hydrogen-bond donors (Lipinski definition) is 5. The van der Waals surface area contributed by atoms with Crippen LogP contribution in [0.25, 0.3) is 11.3 Å². The zero-order valence-electron chi connectivity index (χ0n) is 12.0. The van der Waals surface area contributed by atoms with Crippen LogP contribution in [0.3, 0.4) is 0 Å². The summed E-state index contributed by atoms with van der Waals surface area (Å²) in [5.41, 5.74) is 19.5. The Morgan fingerprint density at radius 2 is 1.90 bits per heavy atom. The molecular weight excluding hydrogens is 266 g/mol. The Hall–Kier alpha value is -2.83. The molecule has 0 radical (unpaired) electrons. The minimum atomic E-state index is -0.0663. The van der Waals surface area contributed by atoms with Crippen molar-refractivity contribution in [3.05, 3.63) is 29.8 Å². The fourth-order valence-corrected chi connectivity index (χ4v) is 1.95. The van der Waals surface area contributed by atoms with Gasteiger partial charge in [-0.1, -0.05) is 6.07 Å². The molecule has 1 aromatic heterocycles. The highest BCUT2D eigenvalue weighted by Crippen LogP contribution is 2.24. The molecule has 7 nitrogen and oxygen atoms in total. The Labute approximate surface area is 123 Å². The minimum Gasteiger partial charge on any atom is -0.398 e. The normalized spacial score (nSPS) is 10.6. The van der Waals surface area contributed by atoms with E-state index >= 15 is 0 Å². The number of hydrogen-bond acceptors (Lipinski definition) is 6. The maximum Gasteiger partial charge on any atom is 0.222 e. The lowest BCUT2D eigenvalue weighted by atomic mass is 10.1. The first-order valence-electron chi connectivity index (χ1n) is 6.52. The van der Waals surface area contributed by atoms with E-state index in [2.05, 4.69) is 15.3 Å². The molecule has 0 aliphatic heterocycles. The first kappa shape index (κ1) is 14.6. The van der Waals surface area contributed by atoms with E-state index in [1.165, 1.54) is 0 Å². The van der Waals surface area contributed by atoms with Gasteiger partial charge < -0.3 is 22.5 Å². The highest BCUT2D eigenvalue weighted by atomic mass is 15.1. The van der Waals surface area contributed by atoms with E-state index in [0.717, 1.165) is 5.56 Å². The van der Waals surface area contributed by atoms with Crippen LogP contribution in [0.1, 0.15) is 19.4 Å². The van der Waals surface area contributed by atoms with Gasteiger partial charge in [-0.25, -0.2) is 4.98 Å². The molecule has 2 rings (SSSR count). The summed E-state index contributed by atoms with van der Waals surface area (Å²) in [7, 11) is 0. The average Bonchev–Trinajstić information content (AvgIpc) is 2.36. The van der Waals surface area contributed by atoms with E-state index in [1.54, 1.807) is 24.3 Å². The van der Waals surface area contributed by atoms with Crippen LogP contribution < -0.4 is 22.5 Å². The maximum absolute atomic E-state index is 7.44. The molecule has 0 fully saturated rings. The van der Waals surface area contributed by atoms with Crippen molar-refractivity contribution in [2.45, 2.75) is 19.9 Å². The predicted molar refractivity (Wildman–Crippen MR) is 86.1 cm³/mol. The molecule has 0 bridgehead atoms. The zero-order valence-corrected chi connectivity index (χ0v) is 12.0. The summed E-state index contributed by atoms with van der Waals surface area (Å²) < 4.78 is 0. The predicted octanol–water partition coefficient (Wildman–Crippen LogP) is 1.41. The molecule has 0 amide bonds. The molecule has 8 N–H and O–H groups in total. The van der Waals surface area contributed by atoms with Crippen LogP contribution in [0.2, 0.25) is 0 Å². The second-order valence-corrected chi connectivity index (χ2v) is 5.01. The summed E-state index contributed by atoms with van der Waals surface area (Å²) in [4.78, 5) is 8.35. The summed E-state index contributed by atoms with van der Waals surface area (Å²) in [5.74, 6) is 0.773. The van der Waals surface area contributed by atoms with E-state index in [4.69, 9.17) is 22.6 Å². The van der Waals surface area contributed by atoms with Crippen LogP contribution in [-0.4, -0.2) is 21.8 Å². The van der Waals surface area contributed by atoms with E-state index < -0.39 is 0 Å². The number of benzene rings is 1. The van der Waals surface area contributed by atoms with Crippen LogP contribution in [0.15, 0.2) is 24.3 Å². The fraction of sp³-hybridized carbons (Fsp3) is 0.214. The van der Waals surface area contributed by atoms with Gasteiger partial charge >= 0.3 is 0 Å². The molecule has 1 heterocycles. The molecule has 21 heavy (non-hydrogen) atoms. The Balaban J connectivity index is 2.44. The summed E-state index contributed by atoms with van der Waals surface area (Å²) in [5, 5.41) is 10.6. The van der Waals surface area contributed by atoms with Crippen molar-refractivity contribution in [2.24, 2.45) is 5.73 Å². The number of nitrogen functional groups attached to an aromatic ring is 3. The molecule has 2 aromatic rings. The topological polar surface area (TPSA) is 140 Å². The van der Waals surface area contributed by atoms with Crippen molar-refractivity contribution in [2.75, 3.05) is 16.8 Å². The van der Waals surface area contributed by atoms with Gasteiger partial charge in [0.2, 0.25) is 5.95 Å². The van der Waals surface area contributed by atoms with Crippen molar-refractivity contribution >= 4 is 23.3 Å². The van der Waals surface area contributed by atoms with Crippen molar-refractivity contribution < 1.29 is 0 Å². The van der Waals surface area contributed by atoms with E-state index in [-0.39, 0.29) is 17.8 Å². The second-order valence-electron chi connectivity index (χ2n) is 5.01. The third kappa shape index (κ3) is 3.38. The van der Waals surface area contributed by atoms with Gasteiger partial charge in [-0.05, 0) is 26.0 Å². The van der Waals surface area contributed by atoms with E-state index in [1.807, 2.05) is 13.8 Å². The fourth-order valence-electron chi connectivity index (χ4n) is 1.95. The largest absolute Gasteiger partial charge is 0.398 e. The molecule has 1 aromatic carbocycles. The molecular formula is C14H19N7. The van der Waals surface area contributed by atoms with Gasteiger partial charge in [0.25, 0.3) is 0 Å². The van der Waals surface area contributed by atoms with Gasteiger partial charge in [0.05, 0.1) is 5.69 Å². The first-order chi connectivity index (χ1) is 9.86. The molecule has 0 saturated carbocycles. The van der Waals surface area contributed by atoms with Gasteiger partial charge in [-0.15, -0.1) is 0 Å². The first-order valence-corrected chi connectivity index (χ1v) is 6.52. The van der Waals surface area contributed by atoms with Crippen molar-refractivity contribution in [3.8, 4) is 11.3 Å². The van der Waals surface area contributed by atoms with Gasteiger partial charge in [-0.2, -0.15) is 4.98 Å². The van der Waals surface area contributed by atoms with Crippen LogP contribution in [0, 0.1) is 5.41 Å². The number of rotatable bonds is 4. The van der Waals surface area contributed by atoms with Crippen LogP contribution >= 0.6 is 0 Å². The van der Waals surface area contributed by atoms with Crippen molar-refractivity contribution in [1.82, 2.24) is 9.97 Å². The quantitative estimate of drug-likeness (QED) is 0.327. The standard InChI is InChI=1S/C14H19N7/c1-7(2)19-12-6-11(20-14(18)21-12)8-3-4-9(13(16)17)10(15)5-8/h3-7H,15H2,1-2H3,(H3,16,17)(H3,18,19,20,21). The van der Waals surface area contributed by atoms with Gasteiger partial charge in [-0.3, -0.25) is 5.41 Å². The number of aromatic nitrogens is 2. The lowest BCUT2D eigenvalue weighted by Gasteiger charge is -2.12. The monoisotopic (exact) mass is 285 g/mol. The SMILES string of the molecule is CC(C)Nc1cc(-c2ccc(C(=N)N)c(N)c2)nc(N)n1. The Morgan fingerprint density at radius 1 is 1.19 bits per heavy atom. The zero-order chi connectivity index (χ0) is 15.6.